The number of rotatable bonds is 6. The van der Waals surface area contributed by atoms with Crippen LogP contribution in [0.25, 0.3) is 0 Å². The summed E-state index contributed by atoms with van der Waals surface area (Å²) in [4.78, 5) is 28.4. The van der Waals surface area contributed by atoms with Gasteiger partial charge in [-0.25, -0.2) is 0 Å². The maximum atomic E-state index is 12.3. The Labute approximate surface area is 186 Å². The Hall–Kier alpha value is -3.74. The number of furan rings is 1. The minimum Gasteiger partial charge on any atom is -0.459 e. The molecule has 0 aliphatic carbocycles. The molecule has 3 rings (SSSR count). The van der Waals surface area contributed by atoms with Crippen molar-refractivity contribution in [2.24, 2.45) is 4.36 Å². The molecule has 8 nitrogen and oxygen atoms in total. The number of carbonyl (C=O) groups excluding carboxylic acids is 2. The van der Waals surface area contributed by atoms with E-state index in [0.717, 1.165) is 5.56 Å². The zero-order valence-electron chi connectivity index (χ0n) is 17.2. The van der Waals surface area contributed by atoms with Gasteiger partial charge >= 0.3 is 0 Å². The van der Waals surface area contributed by atoms with Crippen LogP contribution in [0.15, 0.2) is 63.8 Å². The van der Waals surface area contributed by atoms with Gasteiger partial charge in [0.15, 0.2) is 5.76 Å². The topological polar surface area (TPSA) is 122 Å². The number of hydrogen-bond donors (Lipinski definition) is 2. The SMILES string of the molecule is Cc1ccoc1C(=O)Nc1cccc(C#Cc2cncc(C(=O)N=[S-](=O)CCCO)c2)c1. The number of hydrogen-bond acceptors (Lipinski definition) is 7. The Balaban J connectivity index is 1.73. The van der Waals surface area contributed by atoms with Gasteiger partial charge in [0.25, 0.3) is 11.8 Å². The fourth-order valence-corrected chi connectivity index (χ4v) is 3.37. The Morgan fingerprint density at radius 3 is 2.75 bits per heavy atom. The van der Waals surface area contributed by atoms with E-state index in [1.165, 1.54) is 24.7 Å². The fourth-order valence-electron chi connectivity index (χ4n) is 2.62. The highest BCUT2D eigenvalue weighted by Crippen LogP contribution is 2.15. The molecule has 0 saturated heterocycles. The Bertz CT molecular complexity index is 1280. The summed E-state index contributed by atoms with van der Waals surface area (Å²) in [5, 5.41) is 11.5. The van der Waals surface area contributed by atoms with E-state index in [1.54, 1.807) is 37.3 Å². The molecule has 32 heavy (non-hydrogen) atoms. The molecular formula is C23H20N3O5S-. The Morgan fingerprint density at radius 1 is 1.19 bits per heavy atom. The molecule has 0 fully saturated rings. The number of anilines is 1. The maximum absolute atomic E-state index is 12.3. The molecule has 2 aromatic heterocycles. The van der Waals surface area contributed by atoms with Crippen LogP contribution in [0, 0.1) is 18.8 Å². The van der Waals surface area contributed by atoms with Crippen molar-refractivity contribution >= 4 is 28.1 Å². The molecule has 0 bridgehead atoms. The number of aromatic nitrogens is 1. The zero-order valence-corrected chi connectivity index (χ0v) is 18.0. The molecule has 9 heteroatoms. The number of nitrogens with zero attached hydrogens (tertiary/aromatic N) is 2. The first-order valence-electron chi connectivity index (χ1n) is 9.64. The van der Waals surface area contributed by atoms with Crippen LogP contribution in [0.5, 0.6) is 0 Å². The average molecular weight is 450 g/mol. The molecule has 1 aromatic carbocycles. The van der Waals surface area contributed by atoms with Crippen LogP contribution in [0.4, 0.5) is 5.69 Å². The molecule has 0 radical (unpaired) electrons. The summed E-state index contributed by atoms with van der Waals surface area (Å²) >= 11 is 0. The highest BCUT2D eigenvalue weighted by Gasteiger charge is 2.12. The van der Waals surface area contributed by atoms with E-state index in [4.69, 9.17) is 9.52 Å². The van der Waals surface area contributed by atoms with Gasteiger partial charge in [0.05, 0.1) is 11.8 Å². The molecule has 2 heterocycles. The van der Waals surface area contributed by atoms with Crippen molar-refractivity contribution in [3.63, 3.8) is 0 Å². The number of carbonyl (C=O) groups is 2. The summed E-state index contributed by atoms with van der Waals surface area (Å²) in [6.45, 7) is 1.67. The lowest BCUT2D eigenvalue weighted by atomic mass is 10.1. The molecule has 0 aliphatic rings. The lowest BCUT2D eigenvalue weighted by Gasteiger charge is -2.04. The third kappa shape index (κ3) is 6.38. The lowest BCUT2D eigenvalue weighted by molar-refractivity contribution is 0.0991. The first kappa shape index (κ1) is 22.9. The van der Waals surface area contributed by atoms with Crippen molar-refractivity contribution < 1.29 is 23.3 Å². The van der Waals surface area contributed by atoms with Crippen molar-refractivity contribution in [2.45, 2.75) is 13.3 Å². The quantitative estimate of drug-likeness (QED) is 0.439. The van der Waals surface area contributed by atoms with Gasteiger partial charge in [-0.15, -0.1) is 0 Å². The van der Waals surface area contributed by atoms with Gasteiger partial charge in [-0.2, -0.15) is 10.6 Å². The highest BCUT2D eigenvalue weighted by atomic mass is 32.2. The molecular weight excluding hydrogens is 430 g/mol. The van der Waals surface area contributed by atoms with Gasteiger partial charge in [-0.3, -0.25) is 14.6 Å². The van der Waals surface area contributed by atoms with Gasteiger partial charge < -0.3 is 23.4 Å². The largest absolute Gasteiger partial charge is 0.459 e. The number of nitrogens with one attached hydrogen (secondary N) is 1. The number of pyridine rings is 1. The maximum Gasteiger partial charge on any atom is 0.291 e. The van der Waals surface area contributed by atoms with Gasteiger partial charge in [0.1, 0.15) is 0 Å². The van der Waals surface area contributed by atoms with Crippen LogP contribution in [-0.2, 0) is 14.8 Å². The highest BCUT2D eigenvalue weighted by molar-refractivity contribution is 7.75. The standard InChI is InChI=1S/C23H20N3O5S/c1-16-8-10-31-21(16)23(29)25-20-5-2-4-17(13-20)6-7-18-12-19(15-24-14-18)22(28)26-32(30)11-3-9-27/h2,4-5,8,10,12-15,27H,3,9,11H2,1H3,(H,25,29)/q-1. The van der Waals surface area contributed by atoms with Gasteiger partial charge in [0, 0.05) is 41.4 Å². The lowest BCUT2D eigenvalue weighted by Crippen LogP contribution is -2.12. The van der Waals surface area contributed by atoms with Crippen LogP contribution in [0.1, 0.15) is 44.0 Å². The summed E-state index contributed by atoms with van der Waals surface area (Å²) in [6.07, 6.45) is 4.58. The minimum atomic E-state index is -1.70. The smallest absolute Gasteiger partial charge is 0.291 e. The van der Waals surface area contributed by atoms with Crippen LogP contribution in [0.3, 0.4) is 0 Å². The van der Waals surface area contributed by atoms with Crippen molar-refractivity contribution in [1.29, 1.82) is 0 Å². The van der Waals surface area contributed by atoms with E-state index < -0.39 is 16.5 Å². The van der Waals surface area contributed by atoms with E-state index in [9.17, 15) is 13.8 Å². The normalized spacial score (nSPS) is 11.4. The molecule has 0 atom stereocenters. The first-order valence-corrected chi connectivity index (χ1v) is 10.9. The second kappa shape index (κ2) is 11.0. The molecule has 2 N–H and O–H groups in total. The molecule has 0 aliphatic heterocycles. The van der Waals surface area contributed by atoms with Crippen LogP contribution in [-0.4, -0.2) is 34.3 Å². The molecule has 0 spiro atoms. The van der Waals surface area contributed by atoms with Gasteiger partial charge in [-0.05, 0) is 43.7 Å². The van der Waals surface area contributed by atoms with Gasteiger partial charge in [0.2, 0.25) is 0 Å². The van der Waals surface area contributed by atoms with E-state index >= 15 is 0 Å². The van der Waals surface area contributed by atoms with Gasteiger partial charge in [-0.1, -0.05) is 23.7 Å². The number of benzene rings is 1. The van der Waals surface area contributed by atoms with Crippen LogP contribution < -0.4 is 5.32 Å². The second-order valence-electron chi connectivity index (χ2n) is 6.68. The number of amides is 2. The van der Waals surface area contributed by atoms with Crippen molar-refractivity contribution in [1.82, 2.24) is 4.98 Å². The average Bonchev–Trinajstić information content (AvgIpc) is 3.22. The molecule has 2 amide bonds. The fraction of sp³-hybridized carbons (Fsp3) is 0.174. The van der Waals surface area contributed by atoms with Crippen LogP contribution >= 0.6 is 0 Å². The predicted octanol–water partition coefficient (Wildman–Crippen LogP) is 3.31. The van der Waals surface area contributed by atoms with Crippen molar-refractivity contribution in [3.8, 4) is 11.8 Å². The number of aryl methyl sites for hydroxylation is 1. The van der Waals surface area contributed by atoms with E-state index in [1.807, 2.05) is 0 Å². The molecule has 164 valence electrons. The Morgan fingerprint density at radius 2 is 2.00 bits per heavy atom. The van der Waals surface area contributed by atoms with Crippen molar-refractivity contribution in [3.05, 3.63) is 83.1 Å². The number of aliphatic hydroxyl groups is 1. The number of aliphatic hydroxyl groups excluding tert-OH is 1. The second-order valence-corrected chi connectivity index (χ2v) is 7.91. The van der Waals surface area contributed by atoms with E-state index in [2.05, 4.69) is 26.5 Å². The summed E-state index contributed by atoms with van der Waals surface area (Å²) in [6, 6.07) is 10.2. The van der Waals surface area contributed by atoms with E-state index in [-0.39, 0.29) is 29.6 Å². The third-order valence-corrected chi connectivity index (χ3v) is 5.19. The summed E-state index contributed by atoms with van der Waals surface area (Å²) in [7, 11) is -1.70. The summed E-state index contributed by atoms with van der Waals surface area (Å²) < 4.78 is 20.5. The van der Waals surface area contributed by atoms with Crippen molar-refractivity contribution in [2.75, 3.05) is 17.7 Å². The predicted molar refractivity (Wildman–Crippen MR) is 119 cm³/mol. The Kier molecular flexibility index (Phi) is 7.91. The van der Waals surface area contributed by atoms with Crippen LogP contribution in [0.2, 0.25) is 0 Å². The summed E-state index contributed by atoms with van der Waals surface area (Å²) in [5.41, 5.74) is 2.59. The summed E-state index contributed by atoms with van der Waals surface area (Å²) in [5.74, 6) is 5.22. The third-order valence-electron chi connectivity index (χ3n) is 4.19. The molecule has 0 unspecified atom stereocenters. The molecule has 0 saturated carbocycles. The monoisotopic (exact) mass is 450 g/mol. The first-order chi connectivity index (χ1) is 15.5. The molecule has 3 aromatic rings. The van der Waals surface area contributed by atoms with E-state index in [0.29, 0.717) is 23.2 Å². The minimum absolute atomic E-state index is 0.113. The zero-order chi connectivity index (χ0) is 22.9.